The van der Waals surface area contributed by atoms with E-state index < -0.39 is 0 Å². The highest BCUT2D eigenvalue weighted by atomic mass is 19.1. The summed E-state index contributed by atoms with van der Waals surface area (Å²) in [5.74, 6) is -0.246. The maximum absolute atomic E-state index is 13.7. The van der Waals surface area contributed by atoms with Crippen molar-refractivity contribution in [3.63, 3.8) is 0 Å². The molecule has 1 unspecified atom stereocenters. The van der Waals surface area contributed by atoms with Gasteiger partial charge in [-0.25, -0.2) is 4.39 Å². The molecule has 0 spiro atoms. The summed E-state index contributed by atoms with van der Waals surface area (Å²) in [6.07, 6.45) is 2.18. The Morgan fingerprint density at radius 1 is 1.36 bits per heavy atom. The van der Waals surface area contributed by atoms with E-state index in [1.165, 1.54) is 6.07 Å². The van der Waals surface area contributed by atoms with Crippen molar-refractivity contribution in [2.75, 3.05) is 13.1 Å². The minimum absolute atomic E-state index is 0.115. The molecule has 0 saturated carbocycles. The van der Waals surface area contributed by atoms with Gasteiger partial charge in [-0.1, -0.05) is 18.2 Å². The number of hydrogen-bond donors (Lipinski definition) is 2. The quantitative estimate of drug-likeness (QED) is 0.878. The molecular formula is C19H21FN4O. The Hall–Kier alpha value is -2.65. The van der Waals surface area contributed by atoms with Gasteiger partial charge in [0.2, 0.25) is 0 Å². The van der Waals surface area contributed by atoms with E-state index in [4.69, 9.17) is 0 Å². The molecule has 130 valence electrons. The fraction of sp³-hybridized carbons (Fsp3) is 0.368. The second-order valence-corrected chi connectivity index (χ2v) is 6.31. The molecule has 0 aliphatic carbocycles. The molecule has 3 rings (SSSR count). The highest BCUT2D eigenvalue weighted by molar-refractivity contribution is 5.93. The lowest BCUT2D eigenvalue weighted by atomic mass is 9.99. The van der Waals surface area contributed by atoms with E-state index in [9.17, 15) is 14.4 Å². The Balaban J connectivity index is 1.72. The van der Waals surface area contributed by atoms with Crippen LogP contribution in [0.5, 0.6) is 0 Å². The third-order valence-corrected chi connectivity index (χ3v) is 4.56. The van der Waals surface area contributed by atoms with E-state index in [1.807, 2.05) is 0 Å². The van der Waals surface area contributed by atoms with Gasteiger partial charge in [-0.3, -0.25) is 4.79 Å². The van der Waals surface area contributed by atoms with E-state index >= 15 is 0 Å². The number of aromatic nitrogens is 1. The summed E-state index contributed by atoms with van der Waals surface area (Å²) in [6, 6.07) is 11.8. The number of hydrogen-bond acceptors (Lipinski definition) is 3. The number of rotatable bonds is 5. The lowest BCUT2D eigenvalue weighted by Gasteiger charge is -2.24. The number of carbonyl (C=O) groups is 1. The summed E-state index contributed by atoms with van der Waals surface area (Å²) >= 11 is 0. The number of amides is 1. The predicted octanol–water partition coefficient (Wildman–Crippen LogP) is 2.43. The van der Waals surface area contributed by atoms with Crippen molar-refractivity contribution < 1.29 is 9.18 Å². The maximum atomic E-state index is 13.7. The zero-order valence-electron chi connectivity index (χ0n) is 14.0. The molecule has 1 atom stereocenters. The summed E-state index contributed by atoms with van der Waals surface area (Å²) in [4.78, 5) is 12.5. The summed E-state index contributed by atoms with van der Waals surface area (Å²) in [5, 5.41) is 15.4. The van der Waals surface area contributed by atoms with Crippen LogP contribution in [0, 0.1) is 23.1 Å². The molecule has 2 aromatic rings. The fourth-order valence-electron chi connectivity index (χ4n) is 3.21. The minimum atomic E-state index is -0.343. The molecular weight excluding hydrogens is 319 g/mol. The molecule has 2 N–H and O–H groups in total. The van der Waals surface area contributed by atoms with Crippen LogP contribution in [0.25, 0.3) is 0 Å². The van der Waals surface area contributed by atoms with Gasteiger partial charge in [-0.15, -0.1) is 0 Å². The highest BCUT2D eigenvalue weighted by Gasteiger charge is 2.20. The van der Waals surface area contributed by atoms with E-state index in [1.54, 1.807) is 34.9 Å². The first-order valence-corrected chi connectivity index (χ1v) is 8.51. The normalized spacial score (nSPS) is 17.0. The van der Waals surface area contributed by atoms with Crippen LogP contribution in [0.1, 0.15) is 34.6 Å². The third kappa shape index (κ3) is 4.06. The first kappa shape index (κ1) is 17.2. The van der Waals surface area contributed by atoms with Crippen LogP contribution in [-0.4, -0.2) is 23.6 Å². The number of carbonyl (C=O) groups excluding carboxylic acids is 1. The second-order valence-electron chi connectivity index (χ2n) is 6.31. The van der Waals surface area contributed by atoms with Gasteiger partial charge in [0, 0.05) is 18.7 Å². The molecule has 6 heteroatoms. The van der Waals surface area contributed by atoms with E-state index in [2.05, 4.69) is 16.7 Å². The topological polar surface area (TPSA) is 69.8 Å². The van der Waals surface area contributed by atoms with Crippen molar-refractivity contribution in [2.24, 2.45) is 5.92 Å². The van der Waals surface area contributed by atoms with Crippen LogP contribution in [-0.2, 0) is 13.1 Å². The largest absolute Gasteiger partial charge is 0.347 e. The lowest BCUT2D eigenvalue weighted by molar-refractivity contribution is 0.0939. The Morgan fingerprint density at radius 3 is 2.92 bits per heavy atom. The summed E-state index contributed by atoms with van der Waals surface area (Å²) < 4.78 is 15.5. The minimum Gasteiger partial charge on any atom is -0.347 e. The van der Waals surface area contributed by atoms with Gasteiger partial charge in [-0.05, 0) is 50.0 Å². The van der Waals surface area contributed by atoms with Gasteiger partial charge in [-0.2, -0.15) is 5.26 Å². The van der Waals surface area contributed by atoms with Crippen molar-refractivity contribution in [3.8, 4) is 6.07 Å². The second kappa shape index (κ2) is 7.95. The van der Waals surface area contributed by atoms with Gasteiger partial charge in [0.15, 0.2) is 0 Å². The van der Waals surface area contributed by atoms with Crippen LogP contribution in [0.15, 0.2) is 36.4 Å². The smallest absolute Gasteiger partial charge is 0.268 e. The monoisotopic (exact) mass is 340 g/mol. The zero-order valence-corrected chi connectivity index (χ0v) is 14.0. The van der Waals surface area contributed by atoms with E-state index in [0.717, 1.165) is 25.9 Å². The van der Waals surface area contributed by atoms with E-state index in [0.29, 0.717) is 29.4 Å². The van der Waals surface area contributed by atoms with Crippen molar-refractivity contribution in [1.82, 2.24) is 15.2 Å². The SMILES string of the molecule is N#Cc1ccc(C(=O)NCc2ccccc2F)n1CC1CCCNC1. The molecule has 5 nitrogen and oxygen atoms in total. The first-order chi connectivity index (χ1) is 12.2. The number of nitriles is 1. The third-order valence-electron chi connectivity index (χ3n) is 4.56. The van der Waals surface area contributed by atoms with Gasteiger partial charge < -0.3 is 15.2 Å². The number of piperidine rings is 1. The molecule has 0 radical (unpaired) electrons. The van der Waals surface area contributed by atoms with Crippen molar-refractivity contribution in [3.05, 3.63) is 59.2 Å². The van der Waals surface area contributed by atoms with Crippen molar-refractivity contribution in [2.45, 2.75) is 25.9 Å². The fourth-order valence-corrected chi connectivity index (χ4v) is 3.21. The Bertz CT molecular complexity index is 787. The van der Waals surface area contributed by atoms with Crippen LogP contribution in [0.2, 0.25) is 0 Å². The zero-order chi connectivity index (χ0) is 17.6. The van der Waals surface area contributed by atoms with Crippen LogP contribution in [0.3, 0.4) is 0 Å². The van der Waals surface area contributed by atoms with Gasteiger partial charge in [0.1, 0.15) is 23.3 Å². The number of nitrogens with one attached hydrogen (secondary N) is 2. The van der Waals surface area contributed by atoms with Crippen LogP contribution >= 0.6 is 0 Å². The average Bonchev–Trinajstić information content (AvgIpc) is 3.04. The molecule has 25 heavy (non-hydrogen) atoms. The molecule has 1 fully saturated rings. The molecule has 2 heterocycles. The highest BCUT2D eigenvalue weighted by Crippen LogP contribution is 2.17. The molecule has 1 saturated heterocycles. The molecule has 0 bridgehead atoms. The molecule has 1 aliphatic heterocycles. The number of halogens is 1. The van der Waals surface area contributed by atoms with Gasteiger partial charge in [0.05, 0.1) is 0 Å². The van der Waals surface area contributed by atoms with Crippen LogP contribution < -0.4 is 10.6 Å². The summed E-state index contributed by atoms with van der Waals surface area (Å²) in [6.45, 7) is 2.65. The molecule has 1 aromatic heterocycles. The molecule has 1 aromatic carbocycles. The average molecular weight is 340 g/mol. The van der Waals surface area contributed by atoms with Gasteiger partial charge >= 0.3 is 0 Å². The van der Waals surface area contributed by atoms with Crippen LogP contribution in [0.4, 0.5) is 4.39 Å². The summed E-state index contributed by atoms with van der Waals surface area (Å²) in [7, 11) is 0. The summed E-state index contributed by atoms with van der Waals surface area (Å²) in [5.41, 5.74) is 1.35. The maximum Gasteiger partial charge on any atom is 0.268 e. The Labute approximate surface area is 146 Å². The van der Waals surface area contributed by atoms with Crippen molar-refractivity contribution >= 4 is 5.91 Å². The standard InChI is InChI=1S/C19H21FN4O/c20-17-6-2-1-5-15(17)12-23-19(25)18-8-7-16(10-21)24(18)13-14-4-3-9-22-11-14/h1-2,5-8,14,22H,3-4,9,11-13H2,(H,23,25). The van der Waals surface area contributed by atoms with E-state index in [-0.39, 0.29) is 18.3 Å². The molecule has 1 amide bonds. The first-order valence-electron chi connectivity index (χ1n) is 8.51. The predicted molar refractivity (Wildman–Crippen MR) is 92.3 cm³/mol. The Kier molecular flexibility index (Phi) is 5.46. The van der Waals surface area contributed by atoms with Gasteiger partial charge in [0.25, 0.3) is 5.91 Å². The molecule has 1 aliphatic rings. The van der Waals surface area contributed by atoms with Crippen molar-refractivity contribution in [1.29, 1.82) is 5.26 Å². The number of benzene rings is 1. The Morgan fingerprint density at radius 2 is 2.20 bits per heavy atom. The number of nitrogens with zero attached hydrogens (tertiary/aromatic N) is 2. The lowest BCUT2D eigenvalue weighted by Crippen LogP contribution is -2.34.